The Balaban J connectivity index is 2.14. The first-order valence-electron chi connectivity index (χ1n) is 7.69. The van der Waals surface area contributed by atoms with Crippen molar-refractivity contribution < 1.29 is 56.3 Å². The summed E-state index contributed by atoms with van der Waals surface area (Å²) in [5.41, 5.74) is 0. The molecule has 1 aromatic carbocycles. The molecular weight excluding hydrogens is 543 g/mol. The molecule has 1 heterocycles. The van der Waals surface area contributed by atoms with Crippen LogP contribution in [0.25, 0.3) is 0 Å². The van der Waals surface area contributed by atoms with E-state index in [1.54, 1.807) is 24.3 Å². The van der Waals surface area contributed by atoms with Gasteiger partial charge in [-0.2, -0.15) is 51.6 Å². The maximum absolute atomic E-state index is 13.6. The number of ether oxygens (including phenoxy) is 1. The average molecular weight is 552 g/mol. The fourth-order valence-corrected chi connectivity index (χ4v) is 5.99. The maximum atomic E-state index is 13.6. The molecule has 0 aliphatic rings. The predicted octanol–water partition coefficient (Wildman–Crippen LogP) is 6.69. The van der Waals surface area contributed by atoms with Gasteiger partial charge in [0.05, 0.1) is 27.6 Å². The largest absolute Gasteiger partial charge is 0.497 e. The number of benzene rings is 1. The summed E-state index contributed by atoms with van der Waals surface area (Å²) in [5.74, 6) is -14.1. The van der Waals surface area contributed by atoms with E-state index in [9.17, 15) is 47.9 Å². The van der Waals surface area contributed by atoms with Gasteiger partial charge in [0.25, 0.3) is 0 Å². The van der Waals surface area contributed by atoms with E-state index in [0.29, 0.717) is 14.9 Å². The molecule has 0 aliphatic carbocycles. The molecule has 0 amide bonds. The summed E-state index contributed by atoms with van der Waals surface area (Å²) >= 11 is 1.46. The Morgan fingerprint density at radius 3 is 1.84 bits per heavy atom. The van der Waals surface area contributed by atoms with E-state index >= 15 is 0 Å². The zero-order valence-electron chi connectivity index (χ0n) is 15.1. The van der Waals surface area contributed by atoms with E-state index in [0.717, 1.165) is 29.2 Å². The highest BCUT2D eigenvalue weighted by Crippen LogP contribution is 2.55. The smallest absolute Gasteiger partial charge is 0.460 e. The molecule has 0 radical (unpaired) electrons. The zero-order chi connectivity index (χ0) is 24.6. The minimum Gasteiger partial charge on any atom is -0.497 e. The Kier molecular flexibility index (Phi) is 7.71. The summed E-state index contributed by atoms with van der Waals surface area (Å²) in [5, 5.41) is -6.90. The van der Waals surface area contributed by atoms with Crippen LogP contribution in [0.4, 0.5) is 39.5 Å². The van der Waals surface area contributed by atoms with Crippen molar-refractivity contribution in [3.63, 3.8) is 0 Å². The molecule has 0 atom stereocenters. The minimum absolute atomic E-state index is 0.189. The molecule has 17 heteroatoms. The number of halogens is 9. The van der Waals surface area contributed by atoms with Crippen LogP contribution in [-0.4, -0.2) is 38.8 Å². The van der Waals surface area contributed by atoms with E-state index < -0.39 is 45.4 Å². The number of rotatable bonds is 9. The molecule has 4 nitrogen and oxygen atoms in total. The van der Waals surface area contributed by atoms with Gasteiger partial charge in [-0.05, 0) is 36.4 Å². The maximum Gasteiger partial charge on any atom is 0.460 e. The third-order valence-corrected chi connectivity index (χ3v) is 8.12. The number of thiophene rings is 1. The summed E-state index contributed by atoms with van der Waals surface area (Å²) in [4.78, 5) is 0.679. The predicted molar refractivity (Wildman–Crippen MR) is 98.2 cm³/mol. The Morgan fingerprint density at radius 1 is 0.812 bits per heavy atom. The van der Waals surface area contributed by atoms with Crippen LogP contribution in [0.2, 0.25) is 0 Å². The summed E-state index contributed by atoms with van der Waals surface area (Å²) in [7, 11) is -5.48. The van der Waals surface area contributed by atoms with Crippen LogP contribution >= 0.6 is 35.1 Å². The Bertz CT molecular complexity index is 1030. The normalized spacial score (nSPS) is 13.9. The van der Waals surface area contributed by atoms with Gasteiger partial charge in [-0.1, -0.05) is 11.8 Å². The van der Waals surface area contributed by atoms with Gasteiger partial charge in [-0.25, -0.2) is 0 Å². The van der Waals surface area contributed by atoms with Crippen LogP contribution in [0.5, 0.6) is 5.75 Å². The molecule has 0 aliphatic heterocycles. The van der Waals surface area contributed by atoms with Gasteiger partial charge in [0, 0.05) is 4.90 Å². The van der Waals surface area contributed by atoms with Gasteiger partial charge in [0.2, 0.25) is 0 Å². The third-order valence-electron chi connectivity index (χ3n) is 3.47. The lowest BCUT2D eigenvalue weighted by Gasteiger charge is -2.32. The number of hydrogen-bond acceptors (Lipinski definition) is 7. The Hall–Kier alpha value is -1.30. The lowest BCUT2D eigenvalue weighted by Crippen LogP contribution is -2.63. The van der Waals surface area contributed by atoms with Crippen molar-refractivity contribution in [2.75, 3.05) is 7.11 Å². The molecule has 0 unspecified atom stereocenters. The average Bonchev–Trinajstić information content (AvgIpc) is 3.13. The lowest BCUT2D eigenvalue weighted by molar-refractivity contribution is -0.382. The van der Waals surface area contributed by atoms with Crippen LogP contribution in [0, 0.1) is 0 Å². The SMILES string of the molecule is COc1ccc(Sc2ccc(SOS(=O)(=O)C(F)(F)C(F)(F)C(F)(F)C(F)(F)F)s2)cc1. The standard InChI is InChI=1S/C15H9F9O4S4/c1-27-8-2-4-9(5-3-8)29-10-6-7-11(30-10)31-28-32(25,26)15(23,24)13(18,19)12(16,17)14(20,21)22/h2-7H,1H3. The first-order valence-corrected chi connectivity index (χ1v) is 11.5. The quantitative estimate of drug-likeness (QED) is 0.255. The van der Waals surface area contributed by atoms with Crippen molar-refractivity contribution in [1.82, 2.24) is 0 Å². The van der Waals surface area contributed by atoms with Crippen molar-refractivity contribution in [1.29, 1.82) is 0 Å². The van der Waals surface area contributed by atoms with Gasteiger partial charge >= 0.3 is 33.4 Å². The van der Waals surface area contributed by atoms with Crippen molar-refractivity contribution >= 4 is 45.3 Å². The molecule has 0 N–H and O–H groups in total. The molecule has 2 aromatic rings. The summed E-state index contributed by atoms with van der Waals surface area (Å²) < 4.78 is 148. The molecule has 0 spiro atoms. The topological polar surface area (TPSA) is 52.6 Å². The van der Waals surface area contributed by atoms with Crippen LogP contribution in [-0.2, 0) is 13.7 Å². The molecule has 0 bridgehead atoms. The summed E-state index contributed by atoms with van der Waals surface area (Å²) in [6.45, 7) is 0. The van der Waals surface area contributed by atoms with E-state index in [1.165, 1.54) is 13.2 Å². The first-order chi connectivity index (χ1) is 14.5. The number of alkyl halides is 9. The second-order valence-electron chi connectivity index (χ2n) is 5.62. The van der Waals surface area contributed by atoms with Crippen molar-refractivity contribution in [2.45, 2.75) is 36.6 Å². The van der Waals surface area contributed by atoms with E-state index in [4.69, 9.17) is 4.74 Å². The molecule has 1 aromatic heterocycles. The second kappa shape index (κ2) is 9.15. The minimum atomic E-state index is -7.35. The molecule has 0 saturated carbocycles. The molecule has 0 fully saturated rings. The van der Waals surface area contributed by atoms with Gasteiger partial charge < -0.3 is 4.74 Å². The van der Waals surface area contributed by atoms with Gasteiger partial charge in [-0.3, -0.25) is 0 Å². The van der Waals surface area contributed by atoms with Crippen LogP contribution in [0.15, 0.2) is 49.7 Å². The zero-order valence-corrected chi connectivity index (χ0v) is 18.4. The Labute approximate surface area is 187 Å². The van der Waals surface area contributed by atoms with E-state index in [2.05, 4.69) is 3.63 Å². The molecular formula is C15H9F9O4S4. The monoisotopic (exact) mass is 552 g/mol. The highest BCUT2D eigenvalue weighted by atomic mass is 32.3. The molecule has 180 valence electrons. The Morgan fingerprint density at radius 2 is 1.34 bits per heavy atom. The van der Waals surface area contributed by atoms with Crippen molar-refractivity contribution in [2.24, 2.45) is 0 Å². The molecule has 2 rings (SSSR count). The molecule has 32 heavy (non-hydrogen) atoms. The van der Waals surface area contributed by atoms with E-state index in [1.807, 2.05) is 0 Å². The van der Waals surface area contributed by atoms with Crippen molar-refractivity contribution in [3.05, 3.63) is 36.4 Å². The fourth-order valence-electron chi connectivity index (χ4n) is 1.80. The van der Waals surface area contributed by atoms with Gasteiger partial charge in [0.15, 0.2) is 0 Å². The van der Waals surface area contributed by atoms with Gasteiger partial charge in [-0.15, -0.1) is 11.3 Å². The number of hydrogen-bond donors (Lipinski definition) is 0. The first kappa shape index (κ1) is 26.9. The molecule has 0 saturated heterocycles. The van der Waals surface area contributed by atoms with Gasteiger partial charge in [0.1, 0.15) is 5.75 Å². The third kappa shape index (κ3) is 5.10. The summed E-state index contributed by atoms with van der Waals surface area (Å²) in [6.07, 6.45) is -7.15. The second-order valence-corrected chi connectivity index (χ2v) is 10.9. The van der Waals surface area contributed by atoms with Crippen LogP contribution < -0.4 is 4.74 Å². The van der Waals surface area contributed by atoms with Crippen LogP contribution in [0.1, 0.15) is 0 Å². The van der Waals surface area contributed by atoms with E-state index in [-0.39, 0.29) is 4.21 Å². The van der Waals surface area contributed by atoms with Crippen molar-refractivity contribution in [3.8, 4) is 5.75 Å². The lowest BCUT2D eigenvalue weighted by atomic mass is 10.1. The highest BCUT2D eigenvalue weighted by Gasteiger charge is 2.85. The van der Waals surface area contributed by atoms with Crippen LogP contribution in [0.3, 0.4) is 0 Å². The number of methoxy groups -OCH3 is 1. The summed E-state index contributed by atoms with van der Waals surface area (Å²) in [6, 6.07) is 9.07. The highest BCUT2D eigenvalue weighted by molar-refractivity contribution is 8.06. The fraction of sp³-hybridized carbons (Fsp3) is 0.333.